The molecule has 154 valence electrons. The van der Waals surface area contributed by atoms with E-state index >= 15 is 0 Å². The Bertz CT molecular complexity index is 891. The molecule has 3 heterocycles. The van der Waals surface area contributed by atoms with Gasteiger partial charge in [0.05, 0.1) is 26.5 Å². The minimum Gasteiger partial charge on any atom is -0.493 e. The number of hydrogen-bond acceptors (Lipinski definition) is 7. The van der Waals surface area contributed by atoms with Crippen LogP contribution in [0, 0.1) is 0 Å². The molecule has 3 aromatic rings. The summed E-state index contributed by atoms with van der Waals surface area (Å²) in [6.07, 6.45) is 5.38. The van der Waals surface area contributed by atoms with Crippen molar-refractivity contribution < 1.29 is 13.9 Å². The zero-order valence-corrected chi connectivity index (χ0v) is 17.4. The molecule has 0 unspecified atom stereocenters. The number of anilines is 1. The van der Waals surface area contributed by atoms with Crippen LogP contribution in [0.25, 0.3) is 0 Å². The molecular formula is C21H26N4O3S. The van der Waals surface area contributed by atoms with E-state index in [1.54, 1.807) is 25.1 Å². The Morgan fingerprint density at radius 3 is 2.62 bits per heavy atom. The molecular weight excluding hydrogens is 388 g/mol. The number of hydrogen-bond donors (Lipinski definition) is 0. The lowest BCUT2D eigenvalue weighted by atomic mass is 10.1. The minimum absolute atomic E-state index is 0.553. The third-order valence-corrected chi connectivity index (χ3v) is 5.80. The Hall–Kier alpha value is -2.61. The van der Waals surface area contributed by atoms with Gasteiger partial charge in [0.15, 0.2) is 16.7 Å². The summed E-state index contributed by atoms with van der Waals surface area (Å²) in [6.45, 7) is 3.23. The first-order valence-corrected chi connectivity index (χ1v) is 10.9. The topological polar surface area (TPSA) is 65.6 Å². The zero-order chi connectivity index (χ0) is 19.9. The van der Waals surface area contributed by atoms with Crippen molar-refractivity contribution in [3.8, 4) is 11.5 Å². The van der Waals surface area contributed by atoms with Gasteiger partial charge in [-0.2, -0.15) is 0 Å². The molecule has 0 aliphatic carbocycles. The lowest BCUT2D eigenvalue weighted by Crippen LogP contribution is -2.32. The van der Waals surface area contributed by atoms with Crippen molar-refractivity contribution in [2.45, 2.75) is 31.0 Å². The molecule has 8 heteroatoms. The molecule has 1 fully saturated rings. The molecule has 1 aromatic carbocycles. The molecule has 4 rings (SSSR count). The number of piperidine rings is 1. The van der Waals surface area contributed by atoms with Crippen LogP contribution in [0.5, 0.6) is 11.5 Å². The van der Waals surface area contributed by atoms with E-state index in [1.807, 2.05) is 36.4 Å². The zero-order valence-electron chi connectivity index (χ0n) is 16.6. The van der Waals surface area contributed by atoms with Crippen LogP contribution in [-0.2, 0) is 6.54 Å². The molecule has 0 N–H and O–H groups in total. The minimum atomic E-state index is 0.553. The Morgan fingerprint density at radius 2 is 1.86 bits per heavy atom. The smallest absolute Gasteiger partial charge is 0.228 e. The predicted molar refractivity (Wildman–Crippen MR) is 113 cm³/mol. The maximum atomic E-state index is 5.89. The summed E-state index contributed by atoms with van der Waals surface area (Å²) >= 11 is 1.64. The molecule has 0 spiro atoms. The van der Waals surface area contributed by atoms with Gasteiger partial charge in [-0.05, 0) is 43.5 Å². The van der Waals surface area contributed by atoms with E-state index in [-0.39, 0.29) is 0 Å². The van der Waals surface area contributed by atoms with E-state index in [4.69, 9.17) is 13.9 Å². The average molecular weight is 415 g/mol. The molecule has 7 nitrogen and oxygen atoms in total. The largest absolute Gasteiger partial charge is 0.493 e. The summed E-state index contributed by atoms with van der Waals surface area (Å²) in [4.78, 5) is 2.33. The van der Waals surface area contributed by atoms with Gasteiger partial charge in [0.25, 0.3) is 0 Å². The SMILES string of the molecule is COc1ccccc1OCCSc1nnc(N2CCCCC2)n1Cc1ccco1. The molecule has 0 bridgehead atoms. The summed E-state index contributed by atoms with van der Waals surface area (Å²) in [6, 6.07) is 11.6. The van der Waals surface area contributed by atoms with Crippen LogP contribution in [0.2, 0.25) is 0 Å². The van der Waals surface area contributed by atoms with Crippen LogP contribution in [0.3, 0.4) is 0 Å². The first-order valence-electron chi connectivity index (χ1n) is 9.94. The number of benzene rings is 1. The van der Waals surface area contributed by atoms with Crippen LogP contribution in [0.15, 0.2) is 52.2 Å². The molecule has 29 heavy (non-hydrogen) atoms. The molecule has 1 aliphatic heterocycles. The number of ether oxygens (including phenoxy) is 2. The normalized spacial score (nSPS) is 14.2. The van der Waals surface area contributed by atoms with Gasteiger partial charge in [0.1, 0.15) is 5.76 Å². The fraction of sp³-hybridized carbons (Fsp3) is 0.429. The molecule has 0 saturated carbocycles. The van der Waals surface area contributed by atoms with Gasteiger partial charge >= 0.3 is 0 Å². The fourth-order valence-electron chi connectivity index (χ4n) is 3.44. The van der Waals surface area contributed by atoms with Crippen LogP contribution in [-0.4, -0.2) is 47.3 Å². The second-order valence-corrected chi connectivity index (χ2v) is 7.91. The second-order valence-electron chi connectivity index (χ2n) is 6.84. The number of furan rings is 1. The first-order chi connectivity index (χ1) is 14.3. The lowest BCUT2D eigenvalue weighted by Gasteiger charge is -2.27. The van der Waals surface area contributed by atoms with Crippen LogP contribution in [0.4, 0.5) is 5.95 Å². The monoisotopic (exact) mass is 414 g/mol. The van der Waals surface area contributed by atoms with Crippen LogP contribution >= 0.6 is 11.8 Å². The van der Waals surface area contributed by atoms with E-state index in [1.165, 1.54) is 19.3 Å². The van der Waals surface area contributed by atoms with Gasteiger partial charge in [0, 0.05) is 18.8 Å². The highest BCUT2D eigenvalue weighted by Gasteiger charge is 2.21. The van der Waals surface area contributed by atoms with E-state index in [0.717, 1.165) is 47.2 Å². The third-order valence-electron chi connectivity index (χ3n) is 4.87. The van der Waals surface area contributed by atoms with Crippen molar-refractivity contribution in [1.82, 2.24) is 14.8 Å². The van der Waals surface area contributed by atoms with E-state index in [0.29, 0.717) is 13.2 Å². The van der Waals surface area contributed by atoms with Gasteiger partial charge in [-0.3, -0.25) is 4.57 Å². The van der Waals surface area contributed by atoms with Crippen molar-refractivity contribution in [3.63, 3.8) is 0 Å². The van der Waals surface area contributed by atoms with Crippen molar-refractivity contribution >= 4 is 17.7 Å². The van der Waals surface area contributed by atoms with E-state index in [2.05, 4.69) is 19.7 Å². The van der Waals surface area contributed by atoms with Gasteiger partial charge in [0.2, 0.25) is 5.95 Å². The number of nitrogens with zero attached hydrogens (tertiary/aromatic N) is 4. The molecule has 1 saturated heterocycles. The number of thioether (sulfide) groups is 1. The highest BCUT2D eigenvalue weighted by atomic mass is 32.2. The Morgan fingerprint density at radius 1 is 1.03 bits per heavy atom. The Kier molecular flexibility index (Phi) is 6.61. The highest BCUT2D eigenvalue weighted by Crippen LogP contribution is 2.28. The Balaban J connectivity index is 1.42. The average Bonchev–Trinajstić information content (AvgIpc) is 3.43. The van der Waals surface area contributed by atoms with Crippen LogP contribution < -0.4 is 14.4 Å². The summed E-state index contributed by atoms with van der Waals surface area (Å²) < 4.78 is 18.9. The summed E-state index contributed by atoms with van der Waals surface area (Å²) in [5.41, 5.74) is 0. The summed E-state index contributed by atoms with van der Waals surface area (Å²) in [5.74, 6) is 4.07. The summed E-state index contributed by atoms with van der Waals surface area (Å²) in [5, 5.41) is 9.84. The summed E-state index contributed by atoms with van der Waals surface area (Å²) in [7, 11) is 1.65. The van der Waals surface area contributed by atoms with Crippen molar-refractivity contribution in [2.24, 2.45) is 0 Å². The van der Waals surface area contributed by atoms with Crippen molar-refractivity contribution in [2.75, 3.05) is 37.5 Å². The van der Waals surface area contributed by atoms with Gasteiger partial charge in [-0.1, -0.05) is 23.9 Å². The first kappa shape index (κ1) is 19.7. The highest BCUT2D eigenvalue weighted by molar-refractivity contribution is 7.99. The lowest BCUT2D eigenvalue weighted by molar-refractivity contribution is 0.313. The fourth-order valence-corrected chi connectivity index (χ4v) is 4.18. The number of para-hydroxylation sites is 2. The third kappa shape index (κ3) is 4.87. The van der Waals surface area contributed by atoms with Gasteiger partial charge in [-0.15, -0.1) is 10.2 Å². The van der Waals surface area contributed by atoms with Crippen LogP contribution in [0.1, 0.15) is 25.0 Å². The predicted octanol–water partition coefficient (Wildman–Crippen LogP) is 4.09. The molecule has 0 atom stereocenters. The van der Waals surface area contributed by atoms with Crippen molar-refractivity contribution in [3.05, 3.63) is 48.4 Å². The molecule has 1 aliphatic rings. The molecule has 0 radical (unpaired) electrons. The standard InChI is InChI=1S/C21H26N4O3S/c1-26-18-9-3-4-10-19(18)28-14-15-29-21-23-22-20(24-11-5-2-6-12-24)25(21)16-17-8-7-13-27-17/h3-4,7-10,13H,2,5-6,11-12,14-16H2,1H3. The number of rotatable bonds is 9. The second kappa shape index (κ2) is 9.73. The number of aromatic nitrogens is 3. The van der Waals surface area contributed by atoms with E-state index < -0.39 is 0 Å². The maximum Gasteiger partial charge on any atom is 0.228 e. The number of methoxy groups -OCH3 is 1. The molecule has 0 amide bonds. The van der Waals surface area contributed by atoms with Crippen molar-refractivity contribution in [1.29, 1.82) is 0 Å². The molecule has 2 aromatic heterocycles. The maximum absolute atomic E-state index is 5.89. The van der Waals surface area contributed by atoms with Gasteiger partial charge in [-0.25, -0.2) is 0 Å². The van der Waals surface area contributed by atoms with E-state index in [9.17, 15) is 0 Å². The quantitative estimate of drug-likeness (QED) is 0.386. The van der Waals surface area contributed by atoms with Gasteiger partial charge < -0.3 is 18.8 Å². The Labute approximate surface area is 175 Å².